The lowest BCUT2D eigenvalue weighted by Gasteiger charge is -2.22. The molecule has 0 N–H and O–H groups in total. The molecular formula is C18H35N3. The second-order valence-corrected chi connectivity index (χ2v) is 6.02. The maximum atomic E-state index is 2.41. The largest absolute Gasteiger partial charge is 0.308 e. The summed E-state index contributed by atoms with van der Waals surface area (Å²) in [6.07, 6.45) is 0. The van der Waals surface area contributed by atoms with Crippen LogP contribution in [0.4, 0.5) is 0 Å². The van der Waals surface area contributed by atoms with Gasteiger partial charge >= 0.3 is 0 Å². The van der Waals surface area contributed by atoms with E-state index in [1.54, 1.807) is 0 Å². The van der Waals surface area contributed by atoms with Crippen molar-refractivity contribution in [2.75, 3.05) is 47.8 Å². The van der Waals surface area contributed by atoms with Gasteiger partial charge in [0.15, 0.2) is 0 Å². The normalized spacial score (nSPS) is 12.5. The summed E-state index contributed by atoms with van der Waals surface area (Å²) in [5, 5.41) is 0. The third-order valence-electron chi connectivity index (χ3n) is 3.65. The summed E-state index contributed by atoms with van der Waals surface area (Å²) in [6, 6.07) is 11.3. The van der Waals surface area contributed by atoms with Crippen molar-refractivity contribution >= 4 is 0 Å². The van der Waals surface area contributed by atoms with Gasteiger partial charge in [-0.2, -0.15) is 0 Å². The van der Waals surface area contributed by atoms with Crippen LogP contribution in [0.2, 0.25) is 0 Å². The standard InChI is InChI=1S/C11H17N.C7H18N2/c1-3-12(4-2)10-11-8-6-5-7-9-11;1-7(9(4)5)6-8(2)3/h5-9H,3-4,10H2,1-2H3;7H,6H2,1-5H3. The molecule has 0 bridgehead atoms. The molecule has 0 fully saturated rings. The smallest absolute Gasteiger partial charge is 0.0233 e. The third-order valence-corrected chi connectivity index (χ3v) is 3.65. The van der Waals surface area contributed by atoms with Crippen molar-refractivity contribution in [1.82, 2.24) is 14.7 Å². The van der Waals surface area contributed by atoms with E-state index < -0.39 is 0 Å². The van der Waals surface area contributed by atoms with Crippen LogP contribution in [-0.4, -0.2) is 68.6 Å². The quantitative estimate of drug-likeness (QED) is 0.765. The molecule has 21 heavy (non-hydrogen) atoms. The van der Waals surface area contributed by atoms with Gasteiger partial charge in [0, 0.05) is 19.1 Å². The van der Waals surface area contributed by atoms with Crippen LogP contribution in [0.1, 0.15) is 26.3 Å². The maximum Gasteiger partial charge on any atom is 0.0233 e. The van der Waals surface area contributed by atoms with E-state index in [1.165, 1.54) is 5.56 Å². The van der Waals surface area contributed by atoms with E-state index in [2.05, 4.69) is 94.0 Å². The topological polar surface area (TPSA) is 9.72 Å². The average molecular weight is 293 g/mol. The number of nitrogens with zero attached hydrogens (tertiary/aromatic N) is 3. The molecule has 0 amide bonds. The highest BCUT2D eigenvalue weighted by Gasteiger charge is 2.03. The Balaban J connectivity index is 0.000000400. The minimum atomic E-state index is 0.653. The summed E-state index contributed by atoms with van der Waals surface area (Å²) in [5.41, 5.74) is 1.40. The number of hydrogen-bond acceptors (Lipinski definition) is 3. The fraction of sp³-hybridized carbons (Fsp3) is 0.667. The summed E-state index contributed by atoms with van der Waals surface area (Å²) in [5.74, 6) is 0. The summed E-state index contributed by atoms with van der Waals surface area (Å²) in [4.78, 5) is 6.83. The minimum absolute atomic E-state index is 0.653. The van der Waals surface area contributed by atoms with Gasteiger partial charge < -0.3 is 9.80 Å². The molecule has 0 heterocycles. The molecule has 0 aliphatic rings. The second-order valence-electron chi connectivity index (χ2n) is 6.02. The van der Waals surface area contributed by atoms with Crippen LogP contribution < -0.4 is 0 Å². The molecule has 0 aromatic heterocycles. The van der Waals surface area contributed by atoms with E-state index in [9.17, 15) is 0 Å². The molecule has 0 spiro atoms. The Morgan fingerprint density at radius 1 is 0.905 bits per heavy atom. The van der Waals surface area contributed by atoms with Crippen molar-refractivity contribution < 1.29 is 0 Å². The first-order valence-electron chi connectivity index (χ1n) is 7.98. The van der Waals surface area contributed by atoms with Gasteiger partial charge in [-0.15, -0.1) is 0 Å². The summed E-state index contributed by atoms with van der Waals surface area (Å²) in [6.45, 7) is 11.1. The lowest BCUT2D eigenvalue weighted by atomic mass is 10.2. The van der Waals surface area contributed by atoms with Gasteiger partial charge in [-0.3, -0.25) is 4.90 Å². The zero-order valence-electron chi connectivity index (χ0n) is 15.1. The van der Waals surface area contributed by atoms with E-state index >= 15 is 0 Å². The van der Waals surface area contributed by atoms with Crippen LogP contribution in [0.3, 0.4) is 0 Å². The molecular weight excluding hydrogens is 258 g/mol. The Morgan fingerprint density at radius 3 is 1.76 bits per heavy atom. The molecule has 1 unspecified atom stereocenters. The lowest BCUT2D eigenvalue weighted by Crippen LogP contribution is -2.34. The lowest BCUT2D eigenvalue weighted by molar-refractivity contribution is 0.244. The Morgan fingerprint density at radius 2 is 1.43 bits per heavy atom. The van der Waals surface area contributed by atoms with Crippen LogP contribution in [0, 0.1) is 0 Å². The van der Waals surface area contributed by atoms with E-state index in [-0.39, 0.29) is 0 Å². The van der Waals surface area contributed by atoms with Crippen LogP contribution >= 0.6 is 0 Å². The van der Waals surface area contributed by atoms with Crippen LogP contribution in [0.5, 0.6) is 0 Å². The van der Waals surface area contributed by atoms with Crippen molar-refractivity contribution in [2.45, 2.75) is 33.4 Å². The molecule has 3 nitrogen and oxygen atoms in total. The molecule has 0 saturated heterocycles. The molecule has 1 aromatic carbocycles. The summed E-state index contributed by atoms with van der Waals surface area (Å²) < 4.78 is 0. The number of rotatable bonds is 7. The van der Waals surface area contributed by atoms with Crippen LogP contribution in [-0.2, 0) is 6.54 Å². The first kappa shape index (κ1) is 20.1. The predicted molar refractivity (Wildman–Crippen MR) is 94.8 cm³/mol. The number of benzene rings is 1. The van der Waals surface area contributed by atoms with Gasteiger partial charge in [0.25, 0.3) is 0 Å². The summed E-state index contributed by atoms with van der Waals surface area (Å²) in [7, 11) is 8.41. The van der Waals surface area contributed by atoms with Gasteiger partial charge in [0.2, 0.25) is 0 Å². The maximum absolute atomic E-state index is 2.41. The van der Waals surface area contributed by atoms with Crippen LogP contribution in [0.25, 0.3) is 0 Å². The molecule has 0 radical (unpaired) electrons. The predicted octanol–water partition coefficient (Wildman–Crippen LogP) is 3.03. The van der Waals surface area contributed by atoms with E-state index in [0.717, 1.165) is 26.2 Å². The molecule has 1 atom stereocenters. The Kier molecular flexibility index (Phi) is 11.2. The second kappa shape index (κ2) is 11.7. The van der Waals surface area contributed by atoms with Crippen molar-refractivity contribution in [3.63, 3.8) is 0 Å². The van der Waals surface area contributed by atoms with Crippen molar-refractivity contribution in [2.24, 2.45) is 0 Å². The number of hydrogen-bond donors (Lipinski definition) is 0. The van der Waals surface area contributed by atoms with Gasteiger partial charge in [0.05, 0.1) is 0 Å². The minimum Gasteiger partial charge on any atom is -0.308 e. The van der Waals surface area contributed by atoms with Gasteiger partial charge in [0.1, 0.15) is 0 Å². The molecule has 122 valence electrons. The molecule has 0 aliphatic heterocycles. The van der Waals surface area contributed by atoms with E-state index in [0.29, 0.717) is 6.04 Å². The molecule has 1 aromatic rings. The molecule has 0 aliphatic carbocycles. The fourth-order valence-corrected chi connectivity index (χ4v) is 1.98. The Labute approximate surface area is 132 Å². The van der Waals surface area contributed by atoms with Crippen molar-refractivity contribution in [3.8, 4) is 0 Å². The average Bonchev–Trinajstić information content (AvgIpc) is 2.45. The summed E-state index contributed by atoms with van der Waals surface area (Å²) >= 11 is 0. The van der Waals surface area contributed by atoms with Crippen molar-refractivity contribution in [1.29, 1.82) is 0 Å². The molecule has 1 rings (SSSR count). The zero-order chi connectivity index (χ0) is 16.3. The zero-order valence-corrected chi connectivity index (χ0v) is 15.1. The fourth-order valence-electron chi connectivity index (χ4n) is 1.98. The highest BCUT2D eigenvalue weighted by atomic mass is 15.2. The highest BCUT2D eigenvalue weighted by Crippen LogP contribution is 2.02. The van der Waals surface area contributed by atoms with E-state index in [1.807, 2.05) is 0 Å². The monoisotopic (exact) mass is 293 g/mol. The van der Waals surface area contributed by atoms with Gasteiger partial charge in [-0.25, -0.2) is 0 Å². The number of likely N-dealkylation sites (N-methyl/N-ethyl adjacent to an activating group) is 2. The Hall–Kier alpha value is -0.900. The van der Waals surface area contributed by atoms with Crippen molar-refractivity contribution in [3.05, 3.63) is 35.9 Å². The first-order chi connectivity index (χ1) is 9.90. The van der Waals surface area contributed by atoms with Gasteiger partial charge in [-0.05, 0) is 53.8 Å². The van der Waals surface area contributed by atoms with Gasteiger partial charge in [-0.1, -0.05) is 44.2 Å². The Bertz CT molecular complexity index is 332. The first-order valence-corrected chi connectivity index (χ1v) is 7.98. The molecule has 0 saturated carbocycles. The molecule has 3 heteroatoms. The SMILES string of the molecule is CC(CN(C)C)N(C)C.CCN(CC)Cc1ccccc1. The highest BCUT2D eigenvalue weighted by molar-refractivity contribution is 5.14. The van der Waals surface area contributed by atoms with Crippen LogP contribution in [0.15, 0.2) is 30.3 Å². The third kappa shape index (κ3) is 10.5. The van der Waals surface area contributed by atoms with E-state index in [4.69, 9.17) is 0 Å².